The predicted octanol–water partition coefficient (Wildman–Crippen LogP) is 3.79. The molecule has 0 saturated carbocycles. The average molecular weight is 314 g/mol. The summed E-state index contributed by atoms with van der Waals surface area (Å²) >= 11 is 1.53. The second-order valence-electron chi connectivity index (χ2n) is 5.51. The first-order chi connectivity index (χ1) is 10.2. The van der Waals surface area contributed by atoms with Crippen LogP contribution in [0.4, 0.5) is 0 Å². The van der Waals surface area contributed by atoms with Gasteiger partial charge in [-0.05, 0) is 31.3 Å². The van der Waals surface area contributed by atoms with E-state index in [2.05, 4.69) is 18.8 Å². The highest BCUT2D eigenvalue weighted by Crippen LogP contribution is 2.06. The molecule has 0 radical (unpaired) electrons. The summed E-state index contributed by atoms with van der Waals surface area (Å²) in [6, 6.07) is 0. The minimum Gasteiger partial charge on any atom is -0.268 e. The number of aromatic nitrogens is 2. The Morgan fingerprint density at radius 2 is 1.57 bits per heavy atom. The van der Waals surface area contributed by atoms with Gasteiger partial charge in [-0.3, -0.25) is 9.56 Å². The van der Waals surface area contributed by atoms with E-state index in [1.54, 1.807) is 0 Å². The van der Waals surface area contributed by atoms with Crippen molar-refractivity contribution in [2.75, 3.05) is 6.54 Å². The Morgan fingerprint density at radius 1 is 0.905 bits per heavy atom. The van der Waals surface area contributed by atoms with E-state index in [0.717, 1.165) is 43.7 Å². The summed E-state index contributed by atoms with van der Waals surface area (Å²) in [6.45, 7) is 8.79. The minimum atomic E-state index is 0.134. The van der Waals surface area contributed by atoms with E-state index in [4.69, 9.17) is 0 Å². The van der Waals surface area contributed by atoms with Crippen LogP contribution in [0.15, 0.2) is 9.79 Å². The van der Waals surface area contributed by atoms with Gasteiger partial charge in [0.25, 0.3) is 0 Å². The third kappa shape index (κ3) is 6.20. The lowest BCUT2D eigenvalue weighted by Gasteiger charge is -2.01. The van der Waals surface area contributed by atoms with Gasteiger partial charge in [0.2, 0.25) is 4.80 Å². The Morgan fingerprint density at radius 3 is 2.24 bits per heavy atom. The van der Waals surface area contributed by atoms with E-state index < -0.39 is 0 Å². The number of nitrogens with zero attached hydrogens (tertiary/aromatic N) is 3. The first kappa shape index (κ1) is 18.2. The molecule has 0 atom stereocenters. The number of unbranched alkanes of at least 4 members (excludes halogenated alkanes) is 6. The third-order valence-corrected chi connectivity index (χ3v) is 4.68. The molecule has 21 heavy (non-hydrogen) atoms. The summed E-state index contributed by atoms with van der Waals surface area (Å²) < 4.78 is 3.75. The van der Waals surface area contributed by atoms with Crippen molar-refractivity contribution in [2.24, 2.45) is 4.99 Å². The van der Waals surface area contributed by atoms with E-state index in [-0.39, 0.29) is 5.69 Å². The smallest absolute Gasteiger partial charge is 0.268 e. The van der Waals surface area contributed by atoms with Crippen LogP contribution in [0.1, 0.15) is 72.1 Å². The van der Waals surface area contributed by atoms with Crippen LogP contribution < -0.4 is 10.5 Å². The molecule has 1 aromatic heterocycles. The molecule has 0 N–H and O–H groups in total. The van der Waals surface area contributed by atoms with Gasteiger partial charge < -0.3 is 0 Å². The van der Waals surface area contributed by atoms with E-state index in [1.807, 2.05) is 15.4 Å². The summed E-state index contributed by atoms with van der Waals surface area (Å²) in [6.07, 6.45) is 9.69. The maximum absolute atomic E-state index is 12.4. The van der Waals surface area contributed by atoms with Crippen LogP contribution in [0.25, 0.3) is 0 Å². The molecule has 0 aromatic carbocycles. The standard InChI is InChI=1S/C16H31N3OS/c1-4-7-9-10-11-12-14-19-16(20)18(13-8-5-2)15(21-19)17-6-3/h4-14H2,1-3H3. The zero-order valence-corrected chi connectivity index (χ0v) is 14.8. The molecule has 1 aromatic rings. The quantitative estimate of drug-likeness (QED) is 0.573. The monoisotopic (exact) mass is 313 g/mol. The van der Waals surface area contributed by atoms with Gasteiger partial charge >= 0.3 is 5.69 Å². The van der Waals surface area contributed by atoms with Gasteiger partial charge in [0, 0.05) is 19.6 Å². The van der Waals surface area contributed by atoms with Gasteiger partial charge in [-0.25, -0.2) is 8.75 Å². The Kier molecular flexibility index (Phi) is 9.39. The molecule has 0 bridgehead atoms. The maximum Gasteiger partial charge on any atom is 0.339 e. The van der Waals surface area contributed by atoms with E-state index >= 15 is 0 Å². The summed E-state index contributed by atoms with van der Waals surface area (Å²) in [5, 5.41) is 0. The van der Waals surface area contributed by atoms with Crippen molar-refractivity contribution in [2.45, 2.75) is 85.2 Å². The highest BCUT2D eigenvalue weighted by atomic mass is 32.1. The highest BCUT2D eigenvalue weighted by Gasteiger charge is 2.07. The number of hydrogen-bond acceptors (Lipinski definition) is 3. The van der Waals surface area contributed by atoms with Crippen molar-refractivity contribution in [3.63, 3.8) is 0 Å². The van der Waals surface area contributed by atoms with Gasteiger partial charge in [-0.2, -0.15) is 0 Å². The van der Waals surface area contributed by atoms with Gasteiger partial charge in [-0.1, -0.05) is 52.4 Å². The second-order valence-corrected chi connectivity index (χ2v) is 6.49. The molecule has 0 amide bonds. The summed E-state index contributed by atoms with van der Waals surface area (Å²) in [7, 11) is 0. The maximum atomic E-state index is 12.4. The van der Waals surface area contributed by atoms with Crippen LogP contribution in [0.5, 0.6) is 0 Å². The molecule has 0 saturated heterocycles. The summed E-state index contributed by atoms with van der Waals surface area (Å²) in [5.74, 6) is 0. The molecular weight excluding hydrogens is 282 g/mol. The van der Waals surface area contributed by atoms with Gasteiger partial charge in [0.05, 0.1) is 0 Å². The molecule has 1 rings (SSSR count). The fraction of sp³-hybridized carbons (Fsp3) is 0.875. The van der Waals surface area contributed by atoms with Crippen LogP contribution in [-0.2, 0) is 13.1 Å². The zero-order chi connectivity index (χ0) is 15.5. The molecule has 0 aliphatic heterocycles. The fourth-order valence-electron chi connectivity index (χ4n) is 2.34. The number of hydrogen-bond donors (Lipinski definition) is 0. The summed E-state index contributed by atoms with van der Waals surface area (Å²) in [4.78, 5) is 17.8. The molecule has 0 aliphatic carbocycles. The molecule has 0 spiro atoms. The molecule has 122 valence electrons. The molecular formula is C16H31N3OS. The molecule has 0 fully saturated rings. The molecule has 0 aliphatic rings. The predicted molar refractivity (Wildman–Crippen MR) is 91.0 cm³/mol. The van der Waals surface area contributed by atoms with Crippen molar-refractivity contribution in [3.05, 3.63) is 15.3 Å². The van der Waals surface area contributed by atoms with Crippen molar-refractivity contribution < 1.29 is 0 Å². The van der Waals surface area contributed by atoms with E-state index in [9.17, 15) is 4.79 Å². The lowest BCUT2D eigenvalue weighted by molar-refractivity contribution is 0.538. The normalized spacial score (nSPS) is 12.2. The summed E-state index contributed by atoms with van der Waals surface area (Å²) in [5.41, 5.74) is 0.134. The average Bonchev–Trinajstić information content (AvgIpc) is 2.77. The van der Waals surface area contributed by atoms with Crippen LogP contribution >= 0.6 is 11.5 Å². The third-order valence-electron chi connectivity index (χ3n) is 3.61. The Labute approximate surface area is 132 Å². The van der Waals surface area contributed by atoms with Crippen LogP contribution in [0.2, 0.25) is 0 Å². The van der Waals surface area contributed by atoms with Crippen molar-refractivity contribution in [1.29, 1.82) is 0 Å². The lowest BCUT2D eigenvalue weighted by Crippen LogP contribution is -2.29. The first-order valence-electron chi connectivity index (χ1n) is 8.56. The Bertz CT molecular complexity index is 498. The number of rotatable bonds is 11. The fourth-order valence-corrected chi connectivity index (χ4v) is 3.39. The lowest BCUT2D eigenvalue weighted by atomic mass is 10.1. The van der Waals surface area contributed by atoms with Crippen LogP contribution in [0, 0.1) is 0 Å². The number of aryl methyl sites for hydroxylation is 1. The highest BCUT2D eigenvalue weighted by molar-refractivity contribution is 7.03. The second kappa shape index (κ2) is 10.8. The van der Waals surface area contributed by atoms with Gasteiger partial charge in [0.15, 0.2) is 0 Å². The first-order valence-corrected chi connectivity index (χ1v) is 9.33. The Hall–Kier alpha value is -0.840. The van der Waals surface area contributed by atoms with Gasteiger partial charge in [-0.15, -0.1) is 0 Å². The molecule has 0 unspecified atom stereocenters. The van der Waals surface area contributed by atoms with Crippen molar-refractivity contribution in [3.8, 4) is 0 Å². The van der Waals surface area contributed by atoms with Crippen LogP contribution in [-0.4, -0.2) is 15.1 Å². The van der Waals surface area contributed by atoms with E-state index in [0.29, 0.717) is 0 Å². The van der Waals surface area contributed by atoms with E-state index in [1.165, 1.54) is 43.6 Å². The minimum absolute atomic E-state index is 0.134. The molecule has 5 heteroatoms. The van der Waals surface area contributed by atoms with Crippen LogP contribution in [0.3, 0.4) is 0 Å². The van der Waals surface area contributed by atoms with Crippen molar-refractivity contribution in [1.82, 2.24) is 8.52 Å². The molecule has 4 nitrogen and oxygen atoms in total. The topological polar surface area (TPSA) is 39.3 Å². The van der Waals surface area contributed by atoms with Gasteiger partial charge in [0.1, 0.15) is 0 Å². The largest absolute Gasteiger partial charge is 0.339 e. The SMILES string of the molecule is CCCCCCCCn1sc(=NCC)n(CCCC)c1=O. The Balaban J connectivity index is 2.62. The molecule has 1 heterocycles. The zero-order valence-electron chi connectivity index (χ0n) is 13.9. The van der Waals surface area contributed by atoms with Crippen molar-refractivity contribution >= 4 is 11.5 Å².